The van der Waals surface area contributed by atoms with E-state index in [0.717, 1.165) is 18.7 Å². The van der Waals surface area contributed by atoms with E-state index in [-0.39, 0.29) is 29.7 Å². The molecule has 4 aliphatic rings. The average Bonchev–Trinajstić information content (AvgIpc) is 2.83. The number of nitrogens with two attached hydrogens (primary N) is 1. The number of ketones is 2. The molecule has 0 spiro atoms. The summed E-state index contributed by atoms with van der Waals surface area (Å²) < 4.78 is 5.42. The van der Waals surface area contributed by atoms with Crippen LogP contribution in [0.3, 0.4) is 0 Å². The molecule has 5 rings (SSSR count). The zero-order valence-corrected chi connectivity index (χ0v) is 20.7. The number of carbonyl (C=O) groups excluding carboxylic acids is 3. The Labute approximate surface area is 213 Å². The zero-order valence-electron chi connectivity index (χ0n) is 20.7. The number of ether oxygens (including phenoxy) is 1. The van der Waals surface area contributed by atoms with Gasteiger partial charge in [0, 0.05) is 31.1 Å². The highest BCUT2D eigenvalue weighted by atomic mass is 16.5. The van der Waals surface area contributed by atoms with Crippen molar-refractivity contribution in [3.63, 3.8) is 0 Å². The number of hydrogen-bond acceptors (Lipinski definition) is 10. The third kappa shape index (κ3) is 3.68. The van der Waals surface area contributed by atoms with E-state index in [2.05, 4.69) is 4.90 Å². The number of likely N-dealkylation sites (N-methyl/N-ethyl adjacent to an activating group) is 1. The molecule has 1 saturated carbocycles. The maximum Gasteiger partial charge on any atom is 0.255 e. The van der Waals surface area contributed by atoms with Crippen LogP contribution in [-0.2, 0) is 32.1 Å². The molecule has 2 fully saturated rings. The maximum absolute atomic E-state index is 13.9. The Balaban J connectivity index is 1.65. The SMILES string of the molecule is CN(C)[C@@H]1C(=O)C(C(N)=O)=C(O)[C@@]2(O)C(=O)C3=C(O)c4c(O)ccc(CN5CCOCC5)c4C[C@H]3C[C@@H]12. The number of aromatic hydroxyl groups is 1. The fourth-order valence-electron chi connectivity index (χ4n) is 6.46. The van der Waals surface area contributed by atoms with E-state index in [1.807, 2.05) is 0 Å². The van der Waals surface area contributed by atoms with Gasteiger partial charge >= 0.3 is 0 Å². The van der Waals surface area contributed by atoms with Crippen LogP contribution in [-0.4, -0.2) is 99.7 Å². The largest absolute Gasteiger partial charge is 0.508 e. The second-order valence-corrected chi connectivity index (χ2v) is 10.4. The van der Waals surface area contributed by atoms with Gasteiger partial charge in [-0.2, -0.15) is 0 Å². The summed E-state index contributed by atoms with van der Waals surface area (Å²) in [5.41, 5.74) is 3.44. The van der Waals surface area contributed by atoms with Crippen LogP contribution in [0.4, 0.5) is 0 Å². The highest BCUT2D eigenvalue weighted by Crippen LogP contribution is 2.53. The number of Topliss-reactive ketones (excluding diaryl/α,β-unsaturated/α-hetero) is 2. The molecule has 0 unspecified atom stereocenters. The van der Waals surface area contributed by atoms with Gasteiger partial charge in [-0.25, -0.2) is 0 Å². The van der Waals surface area contributed by atoms with Crippen molar-refractivity contribution in [1.29, 1.82) is 0 Å². The molecule has 0 radical (unpaired) electrons. The number of benzene rings is 1. The number of primary amides is 1. The van der Waals surface area contributed by atoms with Crippen LogP contribution in [0.2, 0.25) is 0 Å². The minimum absolute atomic E-state index is 0.0679. The van der Waals surface area contributed by atoms with Crippen molar-refractivity contribution in [3.05, 3.63) is 45.7 Å². The van der Waals surface area contributed by atoms with Crippen molar-refractivity contribution >= 4 is 23.2 Å². The van der Waals surface area contributed by atoms with E-state index in [0.29, 0.717) is 25.3 Å². The molecule has 0 bridgehead atoms. The molecule has 11 nitrogen and oxygen atoms in total. The summed E-state index contributed by atoms with van der Waals surface area (Å²) in [5, 5.41) is 44.5. The van der Waals surface area contributed by atoms with E-state index >= 15 is 0 Å². The first-order valence-corrected chi connectivity index (χ1v) is 12.3. The molecule has 11 heteroatoms. The number of aliphatic hydroxyl groups excluding tert-OH is 2. The first-order chi connectivity index (χ1) is 17.5. The summed E-state index contributed by atoms with van der Waals surface area (Å²) in [6.45, 7) is 3.25. The summed E-state index contributed by atoms with van der Waals surface area (Å²) in [5.74, 6) is -6.49. The van der Waals surface area contributed by atoms with Crippen LogP contribution in [0, 0.1) is 11.8 Å². The smallest absolute Gasteiger partial charge is 0.255 e. The monoisotopic (exact) mass is 513 g/mol. The number of amides is 1. The van der Waals surface area contributed by atoms with Crippen molar-refractivity contribution in [1.82, 2.24) is 9.80 Å². The quantitative estimate of drug-likeness (QED) is 0.339. The lowest BCUT2D eigenvalue weighted by Crippen LogP contribution is -2.65. The number of nitrogens with zero attached hydrogens (tertiary/aromatic N) is 2. The molecule has 1 aromatic carbocycles. The lowest BCUT2D eigenvalue weighted by Gasteiger charge is -2.50. The van der Waals surface area contributed by atoms with Gasteiger partial charge in [-0.1, -0.05) is 6.07 Å². The van der Waals surface area contributed by atoms with E-state index in [1.165, 1.54) is 11.0 Å². The number of aliphatic hydroxyl groups is 3. The van der Waals surface area contributed by atoms with Gasteiger partial charge in [0.05, 0.1) is 24.8 Å². The lowest BCUT2D eigenvalue weighted by atomic mass is 9.57. The molecule has 1 aromatic rings. The van der Waals surface area contributed by atoms with Gasteiger partial charge in [0.2, 0.25) is 5.78 Å². The van der Waals surface area contributed by atoms with Crippen LogP contribution in [0.15, 0.2) is 29.0 Å². The Kier molecular flexibility index (Phi) is 6.14. The molecular formula is C26H31N3O8. The molecule has 0 aromatic heterocycles. The van der Waals surface area contributed by atoms with E-state index in [9.17, 15) is 34.8 Å². The van der Waals surface area contributed by atoms with E-state index in [4.69, 9.17) is 10.5 Å². The van der Waals surface area contributed by atoms with Crippen molar-refractivity contribution in [2.24, 2.45) is 17.6 Å². The zero-order chi connectivity index (χ0) is 26.8. The molecule has 3 aliphatic carbocycles. The number of morpholine rings is 1. The van der Waals surface area contributed by atoms with Crippen LogP contribution in [0.25, 0.3) is 5.76 Å². The Morgan fingerprint density at radius 3 is 2.49 bits per heavy atom. The topological polar surface area (TPSA) is 174 Å². The van der Waals surface area contributed by atoms with Crippen molar-refractivity contribution in [2.75, 3.05) is 40.4 Å². The standard InChI is InChI=1S/C26H31N3O8/c1-28(2)20-15-10-13-9-14-12(11-29-5-7-37-8-6-29)3-4-16(30)18(14)21(31)17(13)23(33)26(15,36)24(34)19(22(20)32)25(27)35/h3-4,13,15,20,30-31,34,36H,5-11H2,1-2H3,(H2,27,35)/t13-,15-,20-,26-/m0/s1. The average molecular weight is 514 g/mol. The number of phenolic OH excluding ortho intramolecular Hbond substituents is 1. The molecule has 37 heavy (non-hydrogen) atoms. The number of hydrogen-bond donors (Lipinski definition) is 5. The molecule has 1 aliphatic heterocycles. The van der Waals surface area contributed by atoms with Gasteiger partial charge in [0.1, 0.15) is 22.8 Å². The molecule has 1 amide bonds. The highest BCUT2D eigenvalue weighted by Gasteiger charge is 2.64. The van der Waals surface area contributed by atoms with Crippen molar-refractivity contribution < 1.29 is 39.5 Å². The van der Waals surface area contributed by atoms with Crippen LogP contribution >= 0.6 is 0 Å². The Morgan fingerprint density at radius 1 is 1.19 bits per heavy atom. The second kappa shape index (κ2) is 8.95. The number of fused-ring (bicyclic) bond motifs is 3. The summed E-state index contributed by atoms with van der Waals surface area (Å²) in [6, 6.07) is 2.15. The van der Waals surface area contributed by atoms with Gasteiger partial charge in [-0.15, -0.1) is 0 Å². The van der Waals surface area contributed by atoms with Crippen molar-refractivity contribution in [3.8, 4) is 5.75 Å². The Morgan fingerprint density at radius 2 is 1.86 bits per heavy atom. The van der Waals surface area contributed by atoms with Gasteiger partial charge in [-0.05, 0) is 50.0 Å². The van der Waals surface area contributed by atoms with Gasteiger partial charge in [0.25, 0.3) is 5.91 Å². The van der Waals surface area contributed by atoms with Gasteiger partial charge < -0.3 is 30.9 Å². The summed E-state index contributed by atoms with van der Waals surface area (Å²) in [4.78, 5) is 42.8. The summed E-state index contributed by atoms with van der Waals surface area (Å²) in [7, 11) is 3.15. The molecule has 198 valence electrons. The lowest BCUT2D eigenvalue weighted by molar-refractivity contribution is -0.153. The fraction of sp³-hybridized carbons (Fsp3) is 0.500. The second-order valence-electron chi connectivity index (χ2n) is 10.4. The Hall–Kier alpha value is -3.25. The summed E-state index contributed by atoms with van der Waals surface area (Å²) in [6.07, 6.45) is 0.348. The third-order valence-corrected chi connectivity index (χ3v) is 8.20. The molecule has 1 saturated heterocycles. The molecule has 4 atom stereocenters. The van der Waals surface area contributed by atoms with Crippen LogP contribution in [0.5, 0.6) is 5.75 Å². The number of phenols is 1. The van der Waals surface area contributed by atoms with Crippen LogP contribution < -0.4 is 5.73 Å². The van der Waals surface area contributed by atoms with E-state index in [1.54, 1.807) is 20.2 Å². The Bertz CT molecular complexity index is 1260. The maximum atomic E-state index is 13.9. The first-order valence-electron chi connectivity index (χ1n) is 12.3. The van der Waals surface area contributed by atoms with Crippen LogP contribution in [0.1, 0.15) is 23.1 Å². The highest BCUT2D eigenvalue weighted by molar-refractivity contribution is 6.24. The molecular weight excluding hydrogens is 482 g/mol. The normalized spacial score (nSPS) is 30.3. The minimum atomic E-state index is -2.63. The first kappa shape index (κ1) is 25.4. The third-order valence-electron chi connectivity index (χ3n) is 8.20. The molecule has 6 N–H and O–H groups in total. The van der Waals surface area contributed by atoms with Gasteiger partial charge in [-0.3, -0.25) is 24.2 Å². The van der Waals surface area contributed by atoms with Crippen molar-refractivity contribution in [2.45, 2.75) is 31.0 Å². The number of rotatable bonds is 4. The number of carbonyl (C=O) groups is 3. The molecule has 1 heterocycles. The fourth-order valence-corrected chi connectivity index (χ4v) is 6.46. The van der Waals surface area contributed by atoms with Gasteiger partial charge in [0.15, 0.2) is 11.4 Å². The predicted molar refractivity (Wildman–Crippen MR) is 130 cm³/mol. The van der Waals surface area contributed by atoms with E-state index < -0.39 is 58.0 Å². The minimum Gasteiger partial charge on any atom is -0.508 e. The predicted octanol–water partition coefficient (Wildman–Crippen LogP) is -0.204. The summed E-state index contributed by atoms with van der Waals surface area (Å²) >= 11 is 0.